The Morgan fingerprint density at radius 3 is 2.74 bits per heavy atom. The molecule has 1 saturated heterocycles. The van der Waals surface area contributed by atoms with Crippen molar-refractivity contribution in [3.63, 3.8) is 0 Å². The summed E-state index contributed by atoms with van der Waals surface area (Å²) in [4.78, 5) is 38.6. The van der Waals surface area contributed by atoms with Crippen molar-refractivity contribution in [3.8, 4) is 0 Å². The summed E-state index contributed by atoms with van der Waals surface area (Å²) in [5, 5.41) is 27.6. The van der Waals surface area contributed by atoms with E-state index >= 15 is 0 Å². The number of aliphatic carboxylic acids is 1. The van der Waals surface area contributed by atoms with Crippen LogP contribution in [0.1, 0.15) is 47.8 Å². The lowest BCUT2D eigenvalue weighted by Gasteiger charge is -2.54. The number of Topliss-reactive ketones (excluding diaryl/α,β-unsaturated/α-hetero) is 1. The van der Waals surface area contributed by atoms with E-state index < -0.39 is 34.2 Å². The molecule has 9 heteroatoms. The highest BCUT2D eigenvalue weighted by atomic mass is 32.1. The first-order valence-corrected chi connectivity index (χ1v) is 12.5. The van der Waals surface area contributed by atoms with Crippen LogP contribution in [0.25, 0.3) is 0 Å². The smallest absolute Gasteiger partial charge is 0.309 e. The van der Waals surface area contributed by atoms with Gasteiger partial charge in [0.1, 0.15) is 11.5 Å². The first-order chi connectivity index (χ1) is 16.8. The molecule has 5 rings (SSSR count). The van der Waals surface area contributed by atoms with Gasteiger partial charge in [-0.25, -0.2) is 0 Å². The highest BCUT2D eigenvalue weighted by Gasteiger charge is 2.58. The van der Waals surface area contributed by atoms with Crippen LogP contribution in [-0.2, 0) is 16.0 Å². The fourth-order valence-electron chi connectivity index (χ4n) is 6.20. The van der Waals surface area contributed by atoms with Crippen LogP contribution < -0.4 is 5.32 Å². The molecule has 1 saturated carbocycles. The van der Waals surface area contributed by atoms with Crippen LogP contribution in [0.15, 0.2) is 64.6 Å². The number of nitro groups is 1. The largest absolute Gasteiger partial charge is 0.481 e. The lowest BCUT2D eigenvalue weighted by Crippen LogP contribution is -2.68. The molecule has 0 bridgehead atoms. The van der Waals surface area contributed by atoms with Crippen LogP contribution in [0.4, 0.5) is 5.69 Å². The average molecular weight is 495 g/mol. The Kier molecular flexibility index (Phi) is 6.06. The maximum absolute atomic E-state index is 13.7. The minimum Gasteiger partial charge on any atom is -0.481 e. The van der Waals surface area contributed by atoms with Crippen LogP contribution in [-0.4, -0.2) is 33.4 Å². The second kappa shape index (κ2) is 9.05. The van der Waals surface area contributed by atoms with Gasteiger partial charge < -0.3 is 14.8 Å². The van der Waals surface area contributed by atoms with Crippen molar-refractivity contribution in [2.24, 2.45) is 11.8 Å². The van der Waals surface area contributed by atoms with Crippen molar-refractivity contribution in [2.45, 2.75) is 49.6 Å². The third kappa shape index (κ3) is 4.30. The molecule has 182 valence electrons. The minimum absolute atomic E-state index is 0.00467. The van der Waals surface area contributed by atoms with E-state index in [0.717, 1.165) is 4.88 Å². The van der Waals surface area contributed by atoms with Crippen molar-refractivity contribution in [2.75, 3.05) is 0 Å². The van der Waals surface area contributed by atoms with Gasteiger partial charge in [0.25, 0.3) is 5.69 Å². The van der Waals surface area contributed by atoms with Gasteiger partial charge in [0.05, 0.1) is 17.1 Å². The molecule has 6 unspecified atom stereocenters. The third-order valence-electron chi connectivity index (χ3n) is 7.54. The molecule has 2 fully saturated rings. The lowest BCUT2D eigenvalue weighted by molar-refractivity contribution is -0.385. The zero-order valence-electron chi connectivity index (χ0n) is 19.1. The van der Waals surface area contributed by atoms with Crippen molar-refractivity contribution >= 4 is 28.8 Å². The molecular formula is C26H26N2O6S. The quantitative estimate of drug-likeness (QED) is 0.374. The minimum atomic E-state index is -1.05. The summed E-state index contributed by atoms with van der Waals surface area (Å²) >= 11 is 1.62. The monoisotopic (exact) mass is 494 g/mol. The maximum atomic E-state index is 13.7. The molecule has 0 amide bonds. The topological polar surface area (TPSA) is 123 Å². The van der Waals surface area contributed by atoms with Crippen LogP contribution in [0.5, 0.6) is 0 Å². The number of nitrogens with one attached hydrogen (secondary N) is 1. The predicted octanol–water partition coefficient (Wildman–Crippen LogP) is 4.77. The Bertz CT molecular complexity index is 1240. The number of carbonyl (C=O) groups is 2. The zero-order chi connectivity index (χ0) is 24.7. The molecule has 1 aliphatic heterocycles. The van der Waals surface area contributed by atoms with Crippen LogP contribution in [0, 0.1) is 22.0 Å². The van der Waals surface area contributed by atoms with Crippen LogP contribution >= 0.6 is 11.3 Å². The van der Waals surface area contributed by atoms with Gasteiger partial charge in [-0.2, -0.15) is 0 Å². The van der Waals surface area contributed by atoms with E-state index in [0.29, 0.717) is 30.6 Å². The number of carbonyl (C=O) groups excluding carboxylic acids is 1. The maximum Gasteiger partial charge on any atom is 0.309 e. The highest BCUT2D eigenvalue weighted by Crippen LogP contribution is 2.51. The molecule has 0 spiro atoms. The molecular weight excluding hydrogens is 468 g/mol. The molecule has 2 aliphatic rings. The average Bonchev–Trinajstić information content (AvgIpc) is 3.52. The van der Waals surface area contributed by atoms with E-state index in [1.54, 1.807) is 41.9 Å². The molecule has 0 radical (unpaired) electrons. The Labute approximate surface area is 206 Å². The van der Waals surface area contributed by atoms with Crippen molar-refractivity contribution < 1.29 is 24.0 Å². The normalized spacial score (nSPS) is 30.5. The second-order valence-electron chi connectivity index (χ2n) is 9.76. The van der Waals surface area contributed by atoms with Crippen molar-refractivity contribution in [1.82, 2.24) is 5.32 Å². The molecule has 8 nitrogen and oxygen atoms in total. The third-order valence-corrected chi connectivity index (χ3v) is 8.57. The summed E-state index contributed by atoms with van der Waals surface area (Å²) in [5.74, 6) is -2.67. The Morgan fingerprint density at radius 2 is 2.09 bits per heavy atom. The van der Waals surface area contributed by atoms with Gasteiger partial charge in [0.15, 0.2) is 0 Å². The van der Waals surface area contributed by atoms with Gasteiger partial charge >= 0.3 is 5.97 Å². The SMILES string of the molecule is CC1(Cc2ccco2)NC2CC(c3cccs3)CC(=O)C2C(c2cccc([N+](=O)[O-])c2)C1C(=O)O. The fourth-order valence-corrected chi connectivity index (χ4v) is 7.05. The first kappa shape index (κ1) is 23.4. The van der Waals surface area contributed by atoms with E-state index in [2.05, 4.69) is 5.32 Å². The predicted molar refractivity (Wildman–Crippen MR) is 129 cm³/mol. The summed E-state index contributed by atoms with van der Waals surface area (Å²) in [6, 6.07) is 13.4. The van der Waals surface area contributed by atoms with Gasteiger partial charge in [-0.15, -0.1) is 11.3 Å². The molecule has 35 heavy (non-hydrogen) atoms. The van der Waals surface area contributed by atoms with E-state index in [-0.39, 0.29) is 23.4 Å². The zero-order valence-corrected chi connectivity index (χ0v) is 19.9. The van der Waals surface area contributed by atoms with Gasteiger partial charge in [-0.1, -0.05) is 18.2 Å². The van der Waals surface area contributed by atoms with E-state index in [9.17, 15) is 24.8 Å². The Balaban J connectivity index is 1.62. The first-order valence-electron chi connectivity index (χ1n) is 11.6. The standard InChI is InChI=1S/C26H26N2O6S/c1-26(14-18-7-3-9-34-18)24(25(30)31)22(15-5-2-6-17(11-15)28(32)33)23-19(27-26)12-16(13-20(23)29)21-8-4-10-35-21/h2-11,16,19,22-24,27H,12-14H2,1H3,(H,30,31). The lowest BCUT2D eigenvalue weighted by atomic mass is 9.57. The van der Waals surface area contributed by atoms with Gasteiger partial charge in [0.2, 0.25) is 0 Å². The number of hydrogen-bond donors (Lipinski definition) is 2. The molecule has 6 atom stereocenters. The number of nitrogens with zero attached hydrogens (tertiary/aromatic N) is 1. The summed E-state index contributed by atoms with van der Waals surface area (Å²) < 4.78 is 5.57. The van der Waals surface area contributed by atoms with E-state index in [4.69, 9.17) is 4.42 Å². The van der Waals surface area contributed by atoms with Crippen LogP contribution in [0.2, 0.25) is 0 Å². The molecule has 2 aromatic heterocycles. The number of benzene rings is 1. The summed E-state index contributed by atoms with van der Waals surface area (Å²) in [7, 11) is 0. The van der Waals surface area contributed by atoms with Crippen molar-refractivity contribution in [1.29, 1.82) is 0 Å². The number of non-ortho nitro benzene ring substituents is 1. The summed E-state index contributed by atoms with van der Waals surface area (Å²) in [6.07, 6.45) is 2.87. The number of furan rings is 1. The molecule has 3 aromatic rings. The number of nitro benzene ring substituents is 1. The second-order valence-corrected chi connectivity index (χ2v) is 10.7. The van der Waals surface area contributed by atoms with Crippen LogP contribution in [0.3, 0.4) is 0 Å². The van der Waals surface area contributed by atoms with Gasteiger partial charge in [-0.3, -0.25) is 19.7 Å². The summed E-state index contributed by atoms with van der Waals surface area (Å²) in [5.41, 5.74) is -0.552. The Morgan fingerprint density at radius 1 is 1.26 bits per heavy atom. The van der Waals surface area contributed by atoms with Gasteiger partial charge in [-0.05, 0) is 42.5 Å². The van der Waals surface area contributed by atoms with E-state index in [1.165, 1.54) is 12.1 Å². The number of hydrogen-bond acceptors (Lipinski definition) is 7. The molecule has 3 heterocycles. The number of rotatable bonds is 6. The molecule has 1 aromatic carbocycles. The molecule has 2 N–H and O–H groups in total. The number of thiophene rings is 1. The fraction of sp³-hybridized carbons (Fsp3) is 0.385. The number of fused-ring (bicyclic) bond motifs is 1. The number of piperidine rings is 1. The van der Waals surface area contributed by atoms with E-state index in [1.807, 2.05) is 24.4 Å². The number of ketones is 1. The highest BCUT2D eigenvalue weighted by molar-refractivity contribution is 7.10. The number of carboxylic acids is 1. The van der Waals surface area contributed by atoms with Crippen molar-refractivity contribution in [3.05, 3.63) is 86.5 Å². The summed E-state index contributed by atoms with van der Waals surface area (Å²) in [6.45, 7) is 1.86. The molecule has 1 aliphatic carbocycles. The van der Waals surface area contributed by atoms with Gasteiger partial charge in [0, 0.05) is 59.2 Å². The Hall–Kier alpha value is -3.30. The number of carboxylic acid groups (broad SMARTS) is 1.